The van der Waals surface area contributed by atoms with E-state index in [-0.39, 0.29) is 12.6 Å². The van der Waals surface area contributed by atoms with Crippen LogP contribution in [0.15, 0.2) is 24.3 Å². The van der Waals surface area contributed by atoms with Gasteiger partial charge in [-0.2, -0.15) is 0 Å². The van der Waals surface area contributed by atoms with Crippen LogP contribution in [0.5, 0.6) is 5.75 Å². The summed E-state index contributed by atoms with van der Waals surface area (Å²) in [5, 5.41) is 41.6. The fraction of sp³-hybridized carbons (Fsp3) is 0.632. The van der Waals surface area contributed by atoms with Crippen molar-refractivity contribution < 1.29 is 39.4 Å². The van der Waals surface area contributed by atoms with Gasteiger partial charge in [0.05, 0.1) is 6.61 Å². The van der Waals surface area contributed by atoms with Gasteiger partial charge < -0.3 is 40.0 Å². The third-order valence-corrected chi connectivity index (χ3v) is 6.93. The average molecular weight is 464 g/mol. The van der Waals surface area contributed by atoms with Crippen LogP contribution in [-0.4, -0.2) is 81.4 Å². The van der Waals surface area contributed by atoms with Crippen LogP contribution < -0.4 is 10.1 Å². The Kier molecular flexibility index (Phi) is 10.5. The van der Waals surface area contributed by atoms with Crippen molar-refractivity contribution in [1.82, 2.24) is 5.32 Å². The number of aliphatic hydroxyl groups excluding tert-OH is 4. The lowest BCUT2D eigenvalue weighted by molar-refractivity contribution is -0.277. The molecule has 0 saturated carbocycles. The molecule has 30 heavy (non-hydrogen) atoms. The Bertz CT molecular complexity index is 648. The third-order valence-electron chi connectivity index (χ3n) is 4.28. The van der Waals surface area contributed by atoms with E-state index in [0.29, 0.717) is 5.75 Å². The Morgan fingerprint density at radius 2 is 1.87 bits per heavy atom. The molecular formula is C19H29NO8S2. The van der Waals surface area contributed by atoms with Gasteiger partial charge in [-0.15, -0.1) is 0 Å². The molecule has 9 nitrogen and oxygen atoms in total. The normalized spacial score (nSPS) is 27.3. The lowest BCUT2D eigenvalue weighted by Crippen LogP contribution is -2.60. The molecule has 1 fully saturated rings. The number of hydrogen-bond donors (Lipinski definition) is 5. The molecule has 0 bridgehead atoms. The van der Waals surface area contributed by atoms with E-state index in [9.17, 15) is 25.2 Å². The number of nitrogens with one attached hydrogen (secondary N) is 1. The molecule has 1 aromatic rings. The van der Waals surface area contributed by atoms with E-state index in [1.165, 1.54) is 0 Å². The lowest BCUT2D eigenvalue weighted by Gasteiger charge is -2.39. The van der Waals surface area contributed by atoms with E-state index < -0.39 is 43.4 Å². The van der Waals surface area contributed by atoms with Crippen LogP contribution >= 0.6 is 21.6 Å². The smallest absolute Gasteiger partial charge is 0.407 e. The second-order valence-electron chi connectivity index (χ2n) is 6.77. The summed E-state index contributed by atoms with van der Waals surface area (Å²) in [6, 6.07) is 6.56. The minimum absolute atomic E-state index is 0.00383. The summed E-state index contributed by atoms with van der Waals surface area (Å²) in [6.45, 7) is 3.54. The molecule has 1 aromatic carbocycles. The summed E-state index contributed by atoms with van der Waals surface area (Å²) in [6.07, 6.45) is -7.22. The van der Waals surface area contributed by atoms with Gasteiger partial charge in [-0.05, 0) is 24.6 Å². The lowest BCUT2D eigenvalue weighted by atomic mass is 9.99. The largest absolute Gasteiger partial charge is 0.462 e. The predicted octanol–water partition coefficient (Wildman–Crippen LogP) is 0.881. The zero-order chi connectivity index (χ0) is 22.1. The summed E-state index contributed by atoms with van der Waals surface area (Å²) in [7, 11) is 3.43. The fourth-order valence-corrected chi connectivity index (χ4v) is 4.58. The second kappa shape index (κ2) is 12.6. The van der Waals surface area contributed by atoms with Crippen molar-refractivity contribution >= 4 is 27.7 Å². The van der Waals surface area contributed by atoms with E-state index in [2.05, 4.69) is 12.2 Å². The van der Waals surface area contributed by atoms with Crippen molar-refractivity contribution in [3.05, 3.63) is 29.8 Å². The quantitative estimate of drug-likeness (QED) is 0.251. The van der Waals surface area contributed by atoms with Crippen LogP contribution in [0.4, 0.5) is 4.79 Å². The molecule has 2 rings (SSSR count). The molecule has 0 aromatic heterocycles. The summed E-state index contributed by atoms with van der Waals surface area (Å²) in [5.41, 5.74) is 0.731. The van der Waals surface area contributed by atoms with E-state index in [1.54, 1.807) is 45.9 Å². The topological polar surface area (TPSA) is 138 Å². The monoisotopic (exact) mass is 463 g/mol. The Balaban J connectivity index is 1.80. The fourth-order valence-electron chi connectivity index (χ4n) is 2.63. The predicted molar refractivity (Wildman–Crippen MR) is 114 cm³/mol. The first kappa shape index (κ1) is 25.1. The first-order valence-electron chi connectivity index (χ1n) is 9.59. The number of rotatable bonds is 10. The molecular weight excluding hydrogens is 434 g/mol. The summed E-state index contributed by atoms with van der Waals surface area (Å²) in [4.78, 5) is 11.9. The van der Waals surface area contributed by atoms with Crippen molar-refractivity contribution in [3.63, 3.8) is 0 Å². The van der Waals surface area contributed by atoms with E-state index in [1.807, 2.05) is 6.92 Å². The summed E-state index contributed by atoms with van der Waals surface area (Å²) < 4.78 is 16.0. The molecule has 1 saturated heterocycles. The number of alkyl carbamates (subject to hydrolysis) is 1. The van der Waals surface area contributed by atoms with Gasteiger partial charge in [0.2, 0.25) is 6.29 Å². The first-order valence-corrected chi connectivity index (χ1v) is 12.1. The zero-order valence-electron chi connectivity index (χ0n) is 16.8. The number of benzene rings is 1. The molecule has 1 heterocycles. The molecule has 6 atom stereocenters. The molecule has 1 amide bonds. The van der Waals surface area contributed by atoms with Crippen molar-refractivity contribution in [2.45, 2.75) is 57.2 Å². The second-order valence-corrected chi connectivity index (χ2v) is 9.57. The SMILES string of the molecule is CCSSCC(C)NC(=O)OCc1ccc(OC2O[C@H](CO)[C@H](O)[C@H](O)C2O)cc1. The highest BCUT2D eigenvalue weighted by Gasteiger charge is 2.44. The highest BCUT2D eigenvalue weighted by Crippen LogP contribution is 2.24. The molecule has 0 aliphatic carbocycles. The Labute approximate surface area is 183 Å². The molecule has 11 heteroatoms. The van der Waals surface area contributed by atoms with Gasteiger partial charge in [0.25, 0.3) is 0 Å². The third kappa shape index (κ3) is 7.49. The Hall–Kier alpha value is -1.21. The molecule has 3 unspecified atom stereocenters. The molecule has 170 valence electrons. The van der Waals surface area contributed by atoms with Gasteiger partial charge in [0.1, 0.15) is 36.8 Å². The molecule has 0 spiro atoms. The van der Waals surface area contributed by atoms with Crippen LogP contribution in [-0.2, 0) is 16.1 Å². The van der Waals surface area contributed by atoms with Gasteiger partial charge in [-0.1, -0.05) is 40.6 Å². The Morgan fingerprint density at radius 3 is 2.50 bits per heavy atom. The highest BCUT2D eigenvalue weighted by molar-refractivity contribution is 8.76. The highest BCUT2D eigenvalue weighted by atomic mass is 33.1. The van der Waals surface area contributed by atoms with Crippen LogP contribution in [0, 0.1) is 0 Å². The summed E-state index contributed by atoms with van der Waals surface area (Å²) in [5.74, 6) is 2.14. The van der Waals surface area contributed by atoms with Crippen molar-refractivity contribution in [2.24, 2.45) is 0 Å². The van der Waals surface area contributed by atoms with E-state index >= 15 is 0 Å². The van der Waals surface area contributed by atoms with Crippen LogP contribution in [0.3, 0.4) is 0 Å². The standard InChI is InChI=1S/C19H29NO8S2/c1-3-29-30-10-11(2)20-19(25)26-9-12-4-6-13(7-5-12)27-18-17(24)16(23)15(22)14(8-21)28-18/h4-7,11,14-18,21-24H,3,8-10H2,1-2H3,(H,20,25)/t11?,14-,15+,16+,17?,18?/m1/s1. The number of amides is 1. The van der Waals surface area contributed by atoms with Gasteiger partial charge in [-0.25, -0.2) is 4.79 Å². The zero-order valence-corrected chi connectivity index (χ0v) is 18.5. The van der Waals surface area contributed by atoms with Crippen molar-refractivity contribution in [3.8, 4) is 5.75 Å². The Morgan fingerprint density at radius 1 is 1.17 bits per heavy atom. The van der Waals surface area contributed by atoms with Crippen molar-refractivity contribution in [2.75, 3.05) is 18.1 Å². The van der Waals surface area contributed by atoms with Crippen LogP contribution in [0.2, 0.25) is 0 Å². The maximum absolute atomic E-state index is 11.9. The molecule has 0 radical (unpaired) electrons. The van der Waals surface area contributed by atoms with Gasteiger partial charge in [0.15, 0.2) is 0 Å². The minimum Gasteiger partial charge on any atom is -0.462 e. The van der Waals surface area contributed by atoms with E-state index in [4.69, 9.17) is 14.2 Å². The number of hydrogen-bond acceptors (Lipinski definition) is 10. The maximum atomic E-state index is 11.9. The minimum atomic E-state index is -1.51. The van der Waals surface area contributed by atoms with Crippen molar-refractivity contribution in [1.29, 1.82) is 0 Å². The van der Waals surface area contributed by atoms with Gasteiger partial charge >= 0.3 is 6.09 Å². The summed E-state index contributed by atoms with van der Waals surface area (Å²) >= 11 is 0. The molecule has 5 N–H and O–H groups in total. The maximum Gasteiger partial charge on any atom is 0.407 e. The number of aliphatic hydroxyl groups is 4. The first-order chi connectivity index (χ1) is 14.3. The van der Waals surface area contributed by atoms with Gasteiger partial charge in [0, 0.05) is 17.5 Å². The molecule has 1 aliphatic rings. The number of carbonyl (C=O) groups is 1. The number of ether oxygens (including phenoxy) is 3. The molecule has 1 aliphatic heterocycles. The van der Waals surface area contributed by atoms with E-state index in [0.717, 1.165) is 17.1 Å². The number of carbonyl (C=O) groups excluding carboxylic acids is 1. The van der Waals surface area contributed by atoms with Crippen LogP contribution in [0.25, 0.3) is 0 Å². The van der Waals surface area contributed by atoms with Gasteiger partial charge in [-0.3, -0.25) is 0 Å². The van der Waals surface area contributed by atoms with Crippen LogP contribution in [0.1, 0.15) is 19.4 Å². The average Bonchev–Trinajstić information content (AvgIpc) is 2.73.